The molecule has 1 atom stereocenters. The summed E-state index contributed by atoms with van der Waals surface area (Å²) in [6.07, 6.45) is 3.26. The maximum absolute atomic E-state index is 9.93. The van der Waals surface area contributed by atoms with Crippen LogP contribution in [0.25, 0.3) is 0 Å². The zero-order valence-corrected chi connectivity index (χ0v) is 10.8. The van der Waals surface area contributed by atoms with Crippen LogP contribution in [0.15, 0.2) is 6.33 Å². The quantitative estimate of drug-likeness (QED) is 0.740. The zero-order chi connectivity index (χ0) is 12.2. The van der Waals surface area contributed by atoms with Crippen LogP contribution in [0.2, 0.25) is 5.02 Å². The Kier molecular flexibility index (Phi) is 4.64. The molecule has 0 saturated heterocycles. The summed E-state index contributed by atoms with van der Waals surface area (Å²) in [5.74, 6) is 1.29. The van der Waals surface area contributed by atoms with Crippen LogP contribution in [0.5, 0.6) is 0 Å². The molecule has 16 heavy (non-hydrogen) atoms. The smallest absolute Gasteiger partial charge is 0.150 e. The molecule has 0 aliphatic carbocycles. The van der Waals surface area contributed by atoms with Crippen LogP contribution in [0.3, 0.4) is 0 Å². The highest BCUT2D eigenvalue weighted by atomic mass is 35.5. The van der Waals surface area contributed by atoms with Crippen molar-refractivity contribution in [3.63, 3.8) is 0 Å². The van der Waals surface area contributed by atoms with Crippen molar-refractivity contribution in [2.75, 3.05) is 29.6 Å². The summed E-state index contributed by atoms with van der Waals surface area (Å²) in [4.78, 5) is 7.70. The first-order valence-electron chi connectivity index (χ1n) is 4.67. The van der Waals surface area contributed by atoms with Crippen LogP contribution in [0, 0.1) is 0 Å². The molecule has 0 aliphatic heterocycles. The van der Waals surface area contributed by atoms with Gasteiger partial charge in [0.05, 0.1) is 5.60 Å². The summed E-state index contributed by atoms with van der Waals surface area (Å²) in [6, 6.07) is 0. The van der Waals surface area contributed by atoms with Crippen molar-refractivity contribution in [3.05, 3.63) is 11.3 Å². The summed E-state index contributed by atoms with van der Waals surface area (Å²) in [5, 5.41) is 13.2. The van der Waals surface area contributed by atoms with Crippen molar-refractivity contribution in [2.24, 2.45) is 0 Å². The van der Waals surface area contributed by atoms with Gasteiger partial charge in [-0.2, -0.15) is 11.8 Å². The van der Waals surface area contributed by atoms with E-state index in [0.29, 0.717) is 18.1 Å². The molecule has 0 fully saturated rings. The van der Waals surface area contributed by atoms with E-state index >= 15 is 0 Å². The highest BCUT2D eigenvalue weighted by Crippen LogP contribution is 2.23. The van der Waals surface area contributed by atoms with Gasteiger partial charge in [-0.15, -0.1) is 0 Å². The third kappa shape index (κ3) is 3.70. The van der Waals surface area contributed by atoms with Gasteiger partial charge in [-0.3, -0.25) is 0 Å². The lowest BCUT2D eigenvalue weighted by molar-refractivity contribution is 0.0996. The van der Waals surface area contributed by atoms with E-state index in [4.69, 9.17) is 17.3 Å². The number of nitrogens with two attached hydrogens (primary N) is 1. The number of rotatable bonds is 5. The molecule has 1 unspecified atom stereocenters. The molecule has 90 valence electrons. The van der Waals surface area contributed by atoms with E-state index in [1.54, 1.807) is 18.7 Å². The van der Waals surface area contributed by atoms with Crippen LogP contribution in [-0.2, 0) is 0 Å². The van der Waals surface area contributed by atoms with Crippen molar-refractivity contribution >= 4 is 35.0 Å². The first-order valence-corrected chi connectivity index (χ1v) is 6.44. The minimum absolute atomic E-state index is 0.226. The molecular formula is C9H15ClN4OS. The molecule has 1 heterocycles. The first-order chi connectivity index (χ1) is 7.46. The van der Waals surface area contributed by atoms with Crippen LogP contribution >= 0.6 is 23.4 Å². The summed E-state index contributed by atoms with van der Waals surface area (Å²) >= 11 is 7.47. The number of nitrogen functional groups attached to an aromatic ring is 1. The largest absolute Gasteiger partial charge is 0.387 e. The Balaban J connectivity index is 2.64. The van der Waals surface area contributed by atoms with Gasteiger partial charge in [-0.1, -0.05) is 11.6 Å². The molecule has 1 aromatic rings. The Morgan fingerprint density at radius 3 is 2.94 bits per heavy atom. The second-order valence-corrected chi connectivity index (χ2v) is 4.95. The van der Waals surface area contributed by atoms with E-state index in [1.165, 1.54) is 6.33 Å². The summed E-state index contributed by atoms with van der Waals surface area (Å²) < 4.78 is 0. The minimum atomic E-state index is -0.817. The lowest BCUT2D eigenvalue weighted by Gasteiger charge is -2.23. The number of aromatic nitrogens is 2. The molecule has 0 saturated carbocycles. The van der Waals surface area contributed by atoms with Gasteiger partial charge in [0, 0.05) is 12.3 Å². The average Bonchev–Trinajstić information content (AvgIpc) is 2.20. The second kappa shape index (κ2) is 5.56. The van der Waals surface area contributed by atoms with Gasteiger partial charge in [0.25, 0.3) is 0 Å². The van der Waals surface area contributed by atoms with Gasteiger partial charge in [0.2, 0.25) is 0 Å². The van der Waals surface area contributed by atoms with Crippen LogP contribution in [0.1, 0.15) is 6.92 Å². The Labute approximate surface area is 104 Å². The molecule has 0 radical (unpaired) electrons. The first kappa shape index (κ1) is 13.3. The van der Waals surface area contributed by atoms with Crippen LogP contribution in [0.4, 0.5) is 11.6 Å². The fraction of sp³-hybridized carbons (Fsp3) is 0.556. The summed E-state index contributed by atoms with van der Waals surface area (Å²) in [6.45, 7) is 2.10. The Morgan fingerprint density at radius 2 is 2.31 bits per heavy atom. The number of halogens is 1. The van der Waals surface area contributed by atoms with Gasteiger partial charge < -0.3 is 16.2 Å². The number of anilines is 2. The van der Waals surface area contributed by atoms with Gasteiger partial charge >= 0.3 is 0 Å². The molecule has 0 bridgehead atoms. The Bertz CT molecular complexity index is 361. The Hall–Kier alpha value is -0.720. The molecule has 4 N–H and O–H groups in total. The molecule has 0 spiro atoms. The highest BCUT2D eigenvalue weighted by molar-refractivity contribution is 7.98. The molecule has 0 aromatic carbocycles. The fourth-order valence-corrected chi connectivity index (χ4v) is 2.03. The molecule has 0 aliphatic rings. The zero-order valence-electron chi connectivity index (χ0n) is 9.20. The predicted octanol–water partition coefficient (Wildman–Crippen LogP) is 1.24. The van der Waals surface area contributed by atoms with E-state index < -0.39 is 5.60 Å². The molecule has 0 amide bonds. The highest BCUT2D eigenvalue weighted by Gasteiger charge is 2.20. The van der Waals surface area contributed by atoms with Gasteiger partial charge in [0.1, 0.15) is 17.2 Å². The van der Waals surface area contributed by atoms with E-state index in [1.807, 2.05) is 6.26 Å². The van der Waals surface area contributed by atoms with E-state index in [-0.39, 0.29) is 10.8 Å². The molecule has 1 rings (SSSR count). The van der Waals surface area contributed by atoms with Gasteiger partial charge in [-0.05, 0) is 13.2 Å². The van der Waals surface area contributed by atoms with Crippen molar-refractivity contribution in [1.29, 1.82) is 0 Å². The average molecular weight is 263 g/mol. The molecular weight excluding hydrogens is 248 g/mol. The number of aliphatic hydroxyl groups is 1. The van der Waals surface area contributed by atoms with Crippen LogP contribution < -0.4 is 11.1 Å². The maximum Gasteiger partial charge on any atom is 0.150 e. The molecule has 1 aromatic heterocycles. The third-order valence-electron chi connectivity index (χ3n) is 1.91. The van der Waals surface area contributed by atoms with Crippen molar-refractivity contribution < 1.29 is 5.11 Å². The maximum atomic E-state index is 9.93. The number of nitrogens with one attached hydrogen (secondary N) is 1. The second-order valence-electron chi connectivity index (χ2n) is 3.71. The normalized spacial score (nSPS) is 14.5. The lowest BCUT2D eigenvalue weighted by Crippen LogP contribution is -2.36. The van der Waals surface area contributed by atoms with E-state index in [0.717, 1.165) is 0 Å². The minimum Gasteiger partial charge on any atom is -0.387 e. The fourth-order valence-electron chi connectivity index (χ4n) is 1.14. The molecule has 7 heteroatoms. The monoisotopic (exact) mass is 262 g/mol. The summed E-state index contributed by atoms with van der Waals surface area (Å²) in [7, 11) is 0. The van der Waals surface area contributed by atoms with E-state index in [9.17, 15) is 5.11 Å². The SMILES string of the molecule is CSCC(C)(O)CNc1ncnc(N)c1Cl. The molecule has 5 nitrogen and oxygen atoms in total. The van der Waals surface area contributed by atoms with Crippen molar-refractivity contribution in [2.45, 2.75) is 12.5 Å². The number of hydrogen-bond donors (Lipinski definition) is 3. The van der Waals surface area contributed by atoms with Crippen molar-refractivity contribution in [1.82, 2.24) is 9.97 Å². The topological polar surface area (TPSA) is 84.1 Å². The number of hydrogen-bond acceptors (Lipinski definition) is 6. The standard InChI is InChI=1S/C9H15ClN4OS/c1-9(15,4-16-2)3-12-8-6(10)7(11)13-5-14-8/h5,15H,3-4H2,1-2H3,(H3,11,12,13,14). The lowest BCUT2D eigenvalue weighted by atomic mass is 10.1. The van der Waals surface area contributed by atoms with E-state index in [2.05, 4.69) is 15.3 Å². The summed E-state index contributed by atoms with van der Waals surface area (Å²) in [5.41, 5.74) is 4.71. The predicted molar refractivity (Wildman–Crippen MR) is 68.9 cm³/mol. The van der Waals surface area contributed by atoms with Crippen molar-refractivity contribution in [3.8, 4) is 0 Å². The van der Waals surface area contributed by atoms with Crippen LogP contribution in [-0.4, -0.2) is 39.2 Å². The Morgan fingerprint density at radius 1 is 1.62 bits per heavy atom. The van der Waals surface area contributed by atoms with Gasteiger partial charge in [0.15, 0.2) is 5.82 Å². The van der Waals surface area contributed by atoms with Gasteiger partial charge in [-0.25, -0.2) is 9.97 Å². The third-order valence-corrected chi connectivity index (χ3v) is 3.19. The number of nitrogens with zero attached hydrogens (tertiary/aromatic N) is 2. The number of thioether (sulfide) groups is 1.